The Balaban J connectivity index is 1.57. The van der Waals surface area contributed by atoms with Gasteiger partial charge in [-0.3, -0.25) is 0 Å². The van der Waals surface area contributed by atoms with E-state index in [4.69, 9.17) is 5.73 Å². The normalized spacial score (nSPS) is 17.8. The second-order valence-electron chi connectivity index (χ2n) is 6.24. The molecule has 1 aliphatic carbocycles. The predicted molar refractivity (Wildman–Crippen MR) is 86.3 cm³/mol. The number of hydrogen-bond acceptors (Lipinski definition) is 2. The third-order valence-corrected chi connectivity index (χ3v) is 4.66. The van der Waals surface area contributed by atoms with Crippen molar-refractivity contribution in [3.63, 3.8) is 0 Å². The van der Waals surface area contributed by atoms with E-state index in [9.17, 15) is 0 Å². The van der Waals surface area contributed by atoms with E-state index in [0.29, 0.717) is 0 Å². The van der Waals surface area contributed by atoms with Gasteiger partial charge < -0.3 is 5.73 Å². The molecule has 1 aromatic heterocycles. The summed E-state index contributed by atoms with van der Waals surface area (Å²) in [5.41, 5.74) is 8.58. The van der Waals surface area contributed by atoms with Gasteiger partial charge in [-0.2, -0.15) is 5.10 Å². The van der Waals surface area contributed by atoms with Gasteiger partial charge in [-0.15, -0.1) is 0 Å². The average molecular weight is 283 g/mol. The van der Waals surface area contributed by atoms with Gasteiger partial charge in [-0.25, -0.2) is 4.68 Å². The zero-order valence-corrected chi connectivity index (χ0v) is 12.6. The van der Waals surface area contributed by atoms with Gasteiger partial charge in [0.15, 0.2) is 0 Å². The minimum absolute atomic E-state index is 0.115. The molecule has 1 aromatic carbocycles. The van der Waals surface area contributed by atoms with Gasteiger partial charge in [0.2, 0.25) is 0 Å². The Morgan fingerprint density at radius 1 is 1.14 bits per heavy atom. The minimum Gasteiger partial charge on any atom is -0.324 e. The molecule has 2 N–H and O–H groups in total. The molecular formula is C18H25N3. The van der Waals surface area contributed by atoms with Gasteiger partial charge >= 0.3 is 0 Å². The third kappa shape index (κ3) is 3.73. The highest BCUT2D eigenvalue weighted by molar-refractivity contribution is 5.31. The Hall–Kier alpha value is -1.61. The largest absolute Gasteiger partial charge is 0.324 e. The highest BCUT2D eigenvalue weighted by Crippen LogP contribution is 2.29. The Kier molecular flexibility index (Phi) is 4.71. The van der Waals surface area contributed by atoms with Crippen molar-refractivity contribution in [1.29, 1.82) is 0 Å². The molecule has 1 unspecified atom stereocenters. The number of para-hydroxylation sites is 1. The second kappa shape index (κ2) is 6.90. The number of rotatable bonds is 5. The van der Waals surface area contributed by atoms with Crippen molar-refractivity contribution >= 4 is 0 Å². The van der Waals surface area contributed by atoms with Crippen molar-refractivity contribution in [2.24, 2.45) is 11.7 Å². The van der Waals surface area contributed by atoms with Crippen LogP contribution in [0.25, 0.3) is 5.69 Å². The lowest BCUT2D eigenvalue weighted by molar-refractivity contribution is 0.324. The molecule has 0 radical (unpaired) electrons. The molecular weight excluding hydrogens is 258 g/mol. The molecule has 0 spiro atoms. The number of aromatic nitrogens is 2. The molecule has 3 nitrogen and oxygen atoms in total. The maximum atomic E-state index is 6.35. The Labute approximate surface area is 127 Å². The summed E-state index contributed by atoms with van der Waals surface area (Å²) in [7, 11) is 0. The molecule has 112 valence electrons. The molecule has 1 atom stereocenters. The van der Waals surface area contributed by atoms with Crippen LogP contribution in [0.1, 0.15) is 56.6 Å². The molecule has 0 amide bonds. The highest BCUT2D eigenvalue weighted by Gasteiger charge is 2.16. The summed E-state index contributed by atoms with van der Waals surface area (Å²) in [6.45, 7) is 0. The van der Waals surface area contributed by atoms with E-state index in [2.05, 4.69) is 23.4 Å². The number of hydrogen-bond donors (Lipinski definition) is 1. The molecule has 3 heteroatoms. The lowest BCUT2D eigenvalue weighted by atomic mass is 9.85. The SMILES string of the molecule is NC(CCC1CCCCC1)c1cnn(-c2ccccc2)c1. The summed E-state index contributed by atoms with van der Waals surface area (Å²) < 4.78 is 1.91. The Bertz CT molecular complexity index is 541. The van der Waals surface area contributed by atoms with Crippen LogP contribution in [-0.4, -0.2) is 9.78 Å². The van der Waals surface area contributed by atoms with E-state index in [1.807, 2.05) is 29.1 Å². The monoisotopic (exact) mass is 283 g/mol. The predicted octanol–water partition coefficient (Wildman–Crippen LogP) is 4.23. The molecule has 0 aliphatic heterocycles. The standard InChI is InChI=1S/C18H25N3/c19-18(12-11-15-7-3-1-4-8-15)16-13-20-21(14-16)17-9-5-2-6-10-17/h2,5-6,9-10,13-15,18H,1,3-4,7-8,11-12,19H2. The van der Waals surface area contributed by atoms with Gasteiger partial charge in [0.05, 0.1) is 11.9 Å². The van der Waals surface area contributed by atoms with Crippen molar-refractivity contribution in [1.82, 2.24) is 9.78 Å². The summed E-state index contributed by atoms with van der Waals surface area (Å²) in [4.78, 5) is 0. The zero-order valence-electron chi connectivity index (χ0n) is 12.6. The molecule has 2 aromatic rings. The van der Waals surface area contributed by atoms with Gasteiger partial charge in [-0.05, 0) is 30.9 Å². The van der Waals surface area contributed by atoms with Gasteiger partial charge in [0, 0.05) is 17.8 Å². The van der Waals surface area contributed by atoms with E-state index in [1.54, 1.807) is 0 Å². The van der Waals surface area contributed by atoms with Gasteiger partial charge in [0.1, 0.15) is 0 Å². The van der Waals surface area contributed by atoms with Crippen LogP contribution in [0.5, 0.6) is 0 Å². The summed E-state index contributed by atoms with van der Waals surface area (Å²) in [6, 6.07) is 10.3. The lowest BCUT2D eigenvalue weighted by Gasteiger charge is -2.22. The molecule has 0 saturated heterocycles. The smallest absolute Gasteiger partial charge is 0.0645 e. The molecule has 0 bridgehead atoms. The van der Waals surface area contributed by atoms with Crippen molar-refractivity contribution in [2.75, 3.05) is 0 Å². The van der Waals surface area contributed by atoms with Crippen molar-refractivity contribution in [3.8, 4) is 5.69 Å². The highest BCUT2D eigenvalue weighted by atomic mass is 15.3. The fourth-order valence-corrected chi connectivity index (χ4v) is 3.31. The summed E-state index contributed by atoms with van der Waals surface area (Å²) in [6.07, 6.45) is 13.4. The second-order valence-corrected chi connectivity index (χ2v) is 6.24. The van der Waals surface area contributed by atoms with Crippen LogP contribution in [0, 0.1) is 5.92 Å². The number of nitrogens with zero attached hydrogens (tertiary/aromatic N) is 2. The lowest BCUT2D eigenvalue weighted by Crippen LogP contribution is -2.13. The van der Waals surface area contributed by atoms with Crippen LogP contribution in [0.4, 0.5) is 0 Å². The average Bonchev–Trinajstić information content (AvgIpc) is 3.04. The van der Waals surface area contributed by atoms with Gasteiger partial charge in [0.25, 0.3) is 0 Å². The summed E-state index contributed by atoms with van der Waals surface area (Å²) in [5, 5.41) is 4.44. The van der Waals surface area contributed by atoms with Crippen molar-refractivity contribution in [2.45, 2.75) is 51.0 Å². The van der Waals surface area contributed by atoms with Crippen LogP contribution in [0.2, 0.25) is 0 Å². The van der Waals surface area contributed by atoms with Crippen LogP contribution < -0.4 is 5.73 Å². The first-order valence-electron chi connectivity index (χ1n) is 8.18. The van der Waals surface area contributed by atoms with E-state index >= 15 is 0 Å². The van der Waals surface area contributed by atoms with Crippen LogP contribution in [0.15, 0.2) is 42.7 Å². The molecule has 21 heavy (non-hydrogen) atoms. The van der Waals surface area contributed by atoms with E-state index in [1.165, 1.54) is 38.5 Å². The quantitative estimate of drug-likeness (QED) is 0.892. The van der Waals surface area contributed by atoms with Crippen molar-refractivity contribution < 1.29 is 0 Å². The van der Waals surface area contributed by atoms with Crippen molar-refractivity contribution in [3.05, 3.63) is 48.3 Å². The Morgan fingerprint density at radius 2 is 1.90 bits per heavy atom. The molecule has 1 heterocycles. The van der Waals surface area contributed by atoms with Crippen LogP contribution in [-0.2, 0) is 0 Å². The molecule has 1 saturated carbocycles. The van der Waals surface area contributed by atoms with E-state index in [0.717, 1.165) is 23.6 Å². The minimum atomic E-state index is 0.115. The zero-order chi connectivity index (χ0) is 14.5. The van der Waals surface area contributed by atoms with Crippen LogP contribution in [0.3, 0.4) is 0 Å². The topological polar surface area (TPSA) is 43.8 Å². The first-order chi connectivity index (χ1) is 10.3. The van der Waals surface area contributed by atoms with Gasteiger partial charge in [-0.1, -0.05) is 50.3 Å². The molecule has 3 rings (SSSR count). The van der Waals surface area contributed by atoms with E-state index < -0.39 is 0 Å². The maximum absolute atomic E-state index is 6.35. The summed E-state index contributed by atoms with van der Waals surface area (Å²) >= 11 is 0. The molecule has 1 aliphatic rings. The summed E-state index contributed by atoms with van der Waals surface area (Å²) in [5.74, 6) is 0.897. The first-order valence-corrected chi connectivity index (χ1v) is 8.18. The molecule has 1 fully saturated rings. The number of benzene rings is 1. The van der Waals surface area contributed by atoms with Crippen LogP contribution >= 0.6 is 0 Å². The first kappa shape index (κ1) is 14.3. The maximum Gasteiger partial charge on any atom is 0.0645 e. The third-order valence-electron chi connectivity index (χ3n) is 4.66. The fourth-order valence-electron chi connectivity index (χ4n) is 3.31. The number of nitrogens with two attached hydrogens (primary N) is 1. The van der Waals surface area contributed by atoms with E-state index in [-0.39, 0.29) is 6.04 Å². The Morgan fingerprint density at radius 3 is 2.67 bits per heavy atom. The fraction of sp³-hybridized carbons (Fsp3) is 0.500.